The number of thioether (sulfide) groups is 1. The SMILES string of the molecule is Cn1ccnc1Sc1cnc(SCC(=O)c2ccc(Cl)cc2)nc1-c1ccccc1. The molecule has 2 aromatic heterocycles. The Kier molecular flexibility index (Phi) is 6.52. The van der Waals surface area contributed by atoms with E-state index in [9.17, 15) is 4.79 Å². The van der Waals surface area contributed by atoms with Gasteiger partial charge in [0.15, 0.2) is 16.1 Å². The van der Waals surface area contributed by atoms with Crippen molar-refractivity contribution < 1.29 is 4.79 Å². The molecule has 2 aromatic carbocycles. The van der Waals surface area contributed by atoms with E-state index in [0.29, 0.717) is 15.7 Å². The van der Waals surface area contributed by atoms with Gasteiger partial charge in [-0.2, -0.15) is 0 Å². The van der Waals surface area contributed by atoms with Gasteiger partial charge < -0.3 is 4.57 Å². The van der Waals surface area contributed by atoms with Gasteiger partial charge in [0, 0.05) is 41.8 Å². The van der Waals surface area contributed by atoms with E-state index in [1.165, 1.54) is 23.5 Å². The Morgan fingerprint density at radius 1 is 1.07 bits per heavy atom. The first kappa shape index (κ1) is 20.7. The van der Waals surface area contributed by atoms with Crippen LogP contribution in [0.2, 0.25) is 5.02 Å². The molecular weight excluding hydrogens is 436 g/mol. The summed E-state index contributed by atoms with van der Waals surface area (Å²) in [6.07, 6.45) is 5.46. The molecule has 0 saturated heterocycles. The lowest BCUT2D eigenvalue weighted by atomic mass is 10.1. The van der Waals surface area contributed by atoms with Crippen molar-refractivity contribution in [3.05, 3.63) is 83.8 Å². The molecule has 0 aliphatic carbocycles. The number of aryl methyl sites for hydroxylation is 1. The molecule has 4 aromatic rings. The van der Waals surface area contributed by atoms with Gasteiger partial charge in [-0.3, -0.25) is 4.79 Å². The normalized spacial score (nSPS) is 10.9. The Bertz CT molecular complexity index is 1160. The van der Waals surface area contributed by atoms with E-state index in [0.717, 1.165) is 21.3 Å². The molecule has 0 amide bonds. The van der Waals surface area contributed by atoms with Crippen LogP contribution in [-0.4, -0.2) is 31.1 Å². The first-order valence-electron chi connectivity index (χ1n) is 9.09. The number of halogens is 1. The van der Waals surface area contributed by atoms with Gasteiger partial charge >= 0.3 is 0 Å². The molecule has 0 aliphatic heterocycles. The van der Waals surface area contributed by atoms with E-state index < -0.39 is 0 Å². The van der Waals surface area contributed by atoms with Gasteiger partial charge in [-0.1, -0.05) is 53.7 Å². The number of carbonyl (C=O) groups excluding carboxylic acids is 1. The van der Waals surface area contributed by atoms with Crippen molar-refractivity contribution in [2.24, 2.45) is 7.05 Å². The van der Waals surface area contributed by atoms with E-state index in [1.807, 2.05) is 48.1 Å². The summed E-state index contributed by atoms with van der Waals surface area (Å²) in [5.41, 5.74) is 2.43. The summed E-state index contributed by atoms with van der Waals surface area (Å²) < 4.78 is 1.95. The molecule has 0 N–H and O–H groups in total. The molecule has 5 nitrogen and oxygen atoms in total. The van der Waals surface area contributed by atoms with Crippen molar-refractivity contribution in [2.45, 2.75) is 15.2 Å². The molecule has 8 heteroatoms. The highest BCUT2D eigenvalue weighted by atomic mass is 35.5. The highest BCUT2D eigenvalue weighted by Crippen LogP contribution is 2.34. The maximum Gasteiger partial charge on any atom is 0.188 e. The van der Waals surface area contributed by atoms with Crippen LogP contribution in [0.4, 0.5) is 0 Å². The monoisotopic (exact) mass is 452 g/mol. The van der Waals surface area contributed by atoms with Crippen LogP contribution in [-0.2, 0) is 7.05 Å². The Morgan fingerprint density at radius 2 is 1.83 bits per heavy atom. The average molecular weight is 453 g/mol. The molecule has 0 unspecified atom stereocenters. The third-order valence-corrected chi connectivity index (χ3v) is 6.47. The molecule has 0 atom stereocenters. The fourth-order valence-corrected chi connectivity index (χ4v) is 4.42. The number of ketones is 1. The van der Waals surface area contributed by atoms with Gasteiger partial charge in [-0.05, 0) is 36.0 Å². The number of imidazole rings is 1. The molecular formula is C22H17ClN4OS2. The van der Waals surface area contributed by atoms with Crippen molar-refractivity contribution in [2.75, 3.05) is 5.75 Å². The molecule has 0 fully saturated rings. The summed E-state index contributed by atoms with van der Waals surface area (Å²) in [6, 6.07) is 16.8. The van der Waals surface area contributed by atoms with Crippen molar-refractivity contribution in [3.8, 4) is 11.3 Å². The standard InChI is InChI=1S/C22H17ClN4OS2/c1-27-12-11-24-22(27)30-19-13-25-21(26-20(19)16-5-3-2-4-6-16)29-14-18(28)15-7-9-17(23)10-8-15/h2-13H,14H2,1H3. The average Bonchev–Trinajstić information content (AvgIpc) is 3.18. The van der Waals surface area contributed by atoms with Crippen LogP contribution in [0.25, 0.3) is 11.3 Å². The third kappa shape index (κ3) is 4.92. The summed E-state index contributed by atoms with van der Waals surface area (Å²) in [4.78, 5) is 27.0. The summed E-state index contributed by atoms with van der Waals surface area (Å²) in [5.74, 6) is 0.259. The van der Waals surface area contributed by atoms with Crippen LogP contribution in [0.3, 0.4) is 0 Å². The van der Waals surface area contributed by atoms with E-state index in [4.69, 9.17) is 16.6 Å². The number of hydrogen-bond donors (Lipinski definition) is 0. The lowest BCUT2D eigenvalue weighted by molar-refractivity contribution is 0.102. The van der Waals surface area contributed by atoms with E-state index in [1.54, 1.807) is 36.7 Å². The van der Waals surface area contributed by atoms with Crippen LogP contribution >= 0.6 is 35.1 Å². The molecule has 0 radical (unpaired) electrons. The van der Waals surface area contributed by atoms with Crippen LogP contribution in [0.1, 0.15) is 10.4 Å². The zero-order valence-electron chi connectivity index (χ0n) is 16.0. The topological polar surface area (TPSA) is 60.7 Å². The third-order valence-electron chi connectivity index (χ3n) is 4.26. The minimum atomic E-state index is 0.00740. The largest absolute Gasteiger partial charge is 0.329 e. The Hall–Kier alpha value is -2.61. The summed E-state index contributed by atoms with van der Waals surface area (Å²) >= 11 is 8.73. The predicted octanol–water partition coefficient (Wildman–Crippen LogP) is 5.66. The summed E-state index contributed by atoms with van der Waals surface area (Å²) in [6.45, 7) is 0. The van der Waals surface area contributed by atoms with Crippen molar-refractivity contribution in [3.63, 3.8) is 0 Å². The van der Waals surface area contributed by atoms with Crippen molar-refractivity contribution >= 4 is 40.9 Å². The van der Waals surface area contributed by atoms with Crippen molar-refractivity contribution in [1.29, 1.82) is 0 Å². The minimum Gasteiger partial charge on any atom is -0.329 e. The number of nitrogens with zero attached hydrogens (tertiary/aromatic N) is 4. The summed E-state index contributed by atoms with van der Waals surface area (Å²) in [7, 11) is 1.95. The van der Waals surface area contributed by atoms with E-state index in [-0.39, 0.29) is 11.5 Å². The quantitative estimate of drug-likeness (QED) is 0.205. The lowest BCUT2D eigenvalue weighted by Crippen LogP contribution is -2.03. The Balaban J connectivity index is 1.58. The van der Waals surface area contributed by atoms with Gasteiger partial charge in [0.2, 0.25) is 0 Å². The number of carbonyl (C=O) groups is 1. The first-order valence-corrected chi connectivity index (χ1v) is 11.3. The van der Waals surface area contributed by atoms with Gasteiger partial charge in [-0.15, -0.1) is 0 Å². The molecule has 2 heterocycles. The Morgan fingerprint density at radius 3 is 2.53 bits per heavy atom. The predicted molar refractivity (Wildman–Crippen MR) is 121 cm³/mol. The smallest absolute Gasteiger partial charge is 0.188 e. The molecule has 0 spiro atoms. The number of benzene rings is 2. The number of aromatic nitrogens is 4. The second-order valence-corrected chi connectivity index (χ2v) is 8.76. The highest BCUT2D eigenvalue weighted by molar-refractivity contribution is 8.00. The lowest BCUT2D eigenvalue weighted by Gasteiger charge is -2.10. The molecule has 150 valence electrons. The first-order chi connectivity index (χ1) is 14.6. The molecule has 0 aliphatic rings. The fraction of sp³-hybridized carbons (Fsp3) is 0.0909. The molecule has 30 heavy (non-hydrogen) atoms. The second-order valence-electron chi connectivity index (χ2n) is 6.37. The number of rotatable bonds is 7. The molecule has 0 saturated carbocycles. The summed E-state index contributed by atoms with van der Waals surface area (Å²) in [5, 5.41) is 2.02. The Labute approximate surface area is 187 Å². The van der Waals surface area contributed by atoms with Gasteiger partial charge in [0.05, 0.1) is 16.3 Å². The van der Waals surface area contributed by atoms with Gasteiger partial charge in [0.25, 0.3) is 0 Å². The van der Waals surface area contributed by atoms with E-state index in [2.05, 4.69) is 9.97 Å². The zero-order valence-corrected chi connectivity index (χ0v) is 18.4. The second kappa shape index (κ2) is 9.47. The maximum atomic E-state index is 12.5. The zero-order chi connectivity index (χ0) is 20.9. The van der Waals surface area contributed by atoms with Gasteiger partial charge in [-0.25, -0.2) is 15.0 Å². The highest BCUT2D eigenvalue weighted by Gasteiger charge is 2.15. The fourth-order valence-electron chi connectivity index (χ4n) is 2.70. The number of hydrogen-bond acceptors (Lipinski definition) is 6. The van der Waals surface area contributed by atoms with Crippen LogP contribution in [0.5, 0.6) is 0 Å². The molecule has 0 bridgehead atoms. The minimum absolute atomic E-state index is 0.00740. The van der Waals surface area contributed by atoms with E-state index >= 15 is 0 Å². The van der Waals surface area contributed by atoms with Crippen LogP contribution in [0, 0.1) is 0 Å². The molecule has 4 rings (SSSR count). The maximum absolute atomic E-state index is 12.5. The van der Waals surface area contributed by atoms with Crippen molar-refractivity contribution in [1.82, 2.24) is 19.5 Å². The van der Waals surface area contributed by atoms with Gasteiger partial charge in [0.1, 0.15) is 0 Å². The van der Waals surface area contributed by atoms with Crippen LogP contribution in [0.15, 0.2) is 88.4 Å². The van der Waals surface area contributed by atoms with Crippen LogP contribution < -0.4 is 0 Å². The number of Topliss-reactive ketones (excluding diaryl/α,β-unsaturated/α-hetero) is 1.